The molecular formula is C56H107NO5. The summed E-state index contributed by atoms with van der Waals surface area (Å²) in [5.74, 6) is -0.109. The van der Waals surface area contributed by atoms with E-state index >= 15 is 0 Å². The number of amides is 1. The monoisotopic (exact) mass is 874 g/mol. The van der Waals surface area contributed by atoms with Gasteiger partial charge in [-0.05, 0) is 57.8 Å². The molecule has 0 heterocycles. The van der Waals surface area contributed by atoms with Gasteiger partial charge in [0.15, 0.2) is 0 Å². The van der Waals surface area contributed by atoms with Crippen molar-refractivity contribution in [3.63, 3.8) is 0 Å². The average Bonchev–Trinajstić information content (AvgIpc) is 3.27. The van der Waals surface area contributed by atoms with Gasteiger partial charge in [-0.25, -0.2) is 0 Å². The van der Waals surface area contributed by atoms with E-state index in [1.54, 1.807) is 6.08 Å². The fourth-order valence-electron chi connectivity index (χ4n) is 8.45. The predicted octanol–water partition coefficient (Wildman–Crippen LogP) is 16.7. The van der Waals surface area contributed by atoms with Gasteiger partial charge < -0.3 is 20.3 Å². The van der Waals surface area contributed by atoms with E-state index in [2.05, 4.69) is 31.3 Å². The van der Waals surface area contributed by atoms with Crippen LogP contribution in [-0.2, 0) is 14.3 Å². The predicted molar refractivity (Wildman–Crippen MR) is 269 cm³/mol. The van der Waals surface area contributed by atoms with E-state index < -0.39 is 12.1 Å². The first-order valence-corrected chi connectivity index (χ1v) is 27.6. The van der Waals surface area contributed by atoms with Crippen LogP contribution >= 0.6 is 0 Å². The van der Waals surface area contributed by atoms with Gasteiger partial charge in [-0.3, -0.25) is 9.59 Å². The highest BCUT2D eigenvalue weighted by Gasteiger charge is 2.18. The van der Waals surface area contributed by atoms with Gasteiger partial charge in [-0.1, -0.05) is 250 Å². The van der Waals surface area contributed by atoms with E-state index in [9.17, 15) is 19.8 Å². The van der Waals surface area contributed by atoms with Gasteiger partial charge in [0.05, 0.1) is 25.4 Å². The van der Waals surface area contributed by atoms with E-state index in [0.717, 1.165) is 57.8 Å². The molecule has 366 valence electrons. The molecule has 0 radical (unpaired) electrons. The van der Waals surface area contributed by atoms with Crippen LogP contribution in [0, 0.1) is 0 Å². The Kier molecular flexibility index (Phi) is 50.6. The number of allylic oxidation sites excluding steroid dienone is 3. The van der Waals surface area contributed by atoms with Gasteiger partial charge in [-0.2, -0.15) is 0 Å². The molecule has 0 spiro atoms. The summed E-state index contributed by atoms with van der Waals surface area (Å²) in [4.78, 5) is 24.5. The van der Waals surface area contributed by atoms with Gasteiger partial charge in [0.25, 0.3) is 0 Å². The van der Waals surface area contributed by atoms with E-state index in [1.807, 2.05) is 6.08 Å². The Hall–Kier alpha value is -1.66. The lowest BCUT2D eigenvalue weighted by Gasteiger charge is -2.20. The Morgan fingerprint density at radius 1 is 0.435 bits per heavy atom. The second kappa shape index (κ2) is 52.0. The topological polar surface area (TPSA) is 95.9 Å². The van der Waals surface area contributed by atoms with E-state index in [4.69, 9.17) is 4.74 Å². The van der Waals surface area contributed by atoms with E-state index in [-0.39, 0.29) is 18.5 Å². The molecule has 1 amide bonds. The van der Waals surface area contributed by atoms with Crippen molar-refractivity contribution in [2.24, 2.45) is 0 Å². The fraction of sp³-hybridized carbons (Fsp3) is 0.893. The first kappa shape index (κ1) is 60.3. The van der Waals surface area contributed by atoms with Crippen molar-refractivity contribution >= 4 is 11.9 Å². The zero-order chi connectivity index (χ0) is 45.1. The molecular weight excluding hydrogens is 767 g/mol. The molecule has 62 heavy (non-hydrogen) atoms. The van der Waals surface area contributed by atoms with Crippen LogP contribution in [0.15, 0.2) is 24.3 Å². The normalized spacial score (nSPS) is 12.8. The number of aliphatic hydroxyl groups excluding tert-OH is 2. The third-order valence-corrected chi connectivity index (χ3v) is 12.7. The van der Waals surface area contributed by atoms with Crippen molar-refractivity contribution < 1.29 is 24.5 Å². The number of unbranched alkanes of at least 4 members (excludes halogenated alkanes) is 38. The van der Waals surface area contributed by atoms with Crippen molar-refractivity contribution in [3.8, 4) is 0 Å². The highest BCUT2D eigenvalue weighted by Crippen LogP contribution is 2.16. The molecule has 0 saturated heterocycles. The summed E-state index contributed by atoms with van der Waals surface area (Å²) in [6.45, 7) is 4.86. The molecule has 0 fully saturated rings. The highest BCUT2D eigenvalue weighted by atomic mass is 16.5. The van der Waals surface area contributed by atoms with Crippen LogP contribution in [0.3, 0.4) is 0 Å². The van der Waals surface area contributed by atoms with Crippen LogP contribution < -0.4 is 5.32 Å². The van der Waals surface area contributed by atoms with Crippen molar-refractivity contribution in [1.29, 1.82) is 0 Å². The molecule has 2 unspecified atom stereocenters. The van der Waals surface area contributed by atoms with Crippen LogP contribution in [-0.4, -0.2) is 47.4 Å². The Bertz CT molecular complexity index is 966. The van der Waals surface area contributed by atoms with Gasteiger partial charge in [0.2, 0.25) is 5.91 Å². The number of carbonyl (C=O) groups is 2. The molecule has 0 aromatic carbocycles. The van der Waals surface area contributed by atoms with Crippen molar-refractivity contribution in [3.05, 3.63) is 24.3 Å². The maximum Gasteiger partial charge on any atom is 0.305 e. The van der Waals surface area contributed by atoms with Crippen LogP contribution in [0.4, 0.5) is 0 Å². The number of rotatable bonds is 51. The minimum atomic E-state index is -0.857. The molecule has 6 nitrogen and oxygen atoms in total. The highest BCUT2D eigenvalue weighted by molar-refractivity contribution is 5.76. The van der Waals surface area contributed by atoms with Crippen molar-refractivity contribution in [2.45, 2.75) is 309 Å². The van der Waals surface area contributed by atoms with Crippen molar-refractivity contribution in [2.75, 3.05) is 13.2 Å². The first-order chi connectivity index (χ1) is 30.5. The number of hydrogen-bond donors (Lipinski definition) is 3. The Balaban J connectivity index is 3.51. The third kappa shape index (κ3) is 47.8. The minimum Gasteiger partial charge on any atom is -0.466 e. The molecule has 0 aliphatic rings. The van der Waals surface area contributed by atoms with E-state index in [0.29, 0.717) is 19.4 Å². The molecule has 0 aromatic heterocycles. The molecule has 0 bridgehead atoms. The number of nitrogens with one attached hydrogen (secondary N) is 1. The summed E-state index contributed by atoms with van der Waals surface area (Å²) in [5, 5.41) is 23.1. The molecule has 0 aliphatic carbocycles. The smallest absolute Gasteiger partial charge is 0.305 e. The molecule has 0 aromatic rings. The van der Waals surface area contributed by atoms with Crippen LogP contribution in [0.2, 0.25) is 0 Å². The molecule has 0 rings (SSSR count). The first-order valence-electron chi connectivity index (χ1n) is 27.6. The summed E-state index contributed by atoms with van der Waals surface area (Å²) in [7, 11) is 0. The number of esters is 1. The number of carbonyl (C=O) groups excluding carboxylic acids is 2. The van der Waals surface area contributed by atoms with E-state index in [1.165, 1.54) is 212 Å². The lowest BCUT2D eigenvalue weighted by molar-refractivity contribution is -0.143. The quantitative estimate of drug-likeness (QED) is 0.0321. The molecule has 3 N–H and O–H groups in total. The molecule has 0 saturated carbocycles. The molecule has 0 aliphatic heterocycles. The SMILES string of the molecule is CCCCCCC/C=C\CCCCCCCC(=O)OCCCCCCCCCCCCCC(=O)NC(CO)C(O)/C=C/CCCCCCCCCCCCCCCCCCCC. The largest absolute Gasteiger partial charge is 0.466 e. The van der Waals surface area contributed by atoms with Crippen LogP contribution in [0.5, 0.6) is 0 Å². The number of ether oxygens (including phenoxy) is 1. The van der Waals surface area contributed by atoms with Gasteiger partial charge in [-0.15, -0.1) is 0 Å². The number of hydrogen-bond acceptors (Lipinski definition) is 5. The summed E-state index contributed by atoms with van der Waals surface area (Å²) >= 11 is 0. The van der Waals surface area contributed by atoms with Crippen LogP contribution in [0.1, 0.15) is 296 Å². The van der Waals surface area contributed by atoms with Gasteiger partial charge >= 0.3 is 5.97 Å². The van der Waals surface area contributed by atoms with Crippen molar-refractivity contribution in [1.82, 2.24) is 5.32 Å². The summed E-state index contributed by atoms with van der Waals surface area (Å²) in [6, 6.07) is -0.642. The zero-order valence-electron chi connectivity index (χ0n) is 41.6. The number of aliphatic hydroxyl groups is 2. The Labute approximate surface area is 386 Å². The average molecular weight is 874 g/mol. The maximum absolute atomic E-state index is 12.5. The summed E-state index contributed by atoms with van der Waals surface area (Å²) in [5.41, 5.74) is 0. The van der Waals surface area contributed by atoms with Gasteiger partial charge in [0, 0.05) is 12.8 Å². The second-order valence-electron chi connectivity index (χ2n) is 18.9. The minimum absolute atomic E-state index is 0.0236. The Morgan fingerprint density at radius 3 is 1.15 bits per heavy atom. The van der Waals surface area contributed by atoms with Gasteiger partial charge in [0.1, 0.15) is 0 Å². The third-order valence-electron chi connectivity index (χ3n) is 12.7. The summed E-state index contributed by atoms with van der Waals surface area (Å²) < 4.78 is 5.45. The lowest BCUT2D eigenvalue weighted by Crippen LogP contribution is -2.45. The fourth-order valence-corrected chi connectivity index (χ4v) is 8.45. The lowest BCUT2D eigenvalue weighted by atomic mass is 10.0. The zero-order valence-corrected chi connectivity index (χ0v) is 41.6. The molecule has 2 atom stereocenters. The maximum atomic E-state index is 12.5. The van der Waals surface area contributed by atoms with Crippen LogP contribution in [0.25, 0.3) is 0 Å². The standard InChI is InChI=1S/C56H107NO5/c1-3-5-7-9-11-13-15-17-19-20-21-22-23-24-25-28-32-36-40-44-48-54(59)53(52-58)57-55(60)49-45-41-37-33-29-27-31-35-39-43-47-51-62-56(61)50-46-42-38-34-30-26-18-16-14-12-10-8-6-4-2/h16,18,44,48,53-54,58-59H,3-15,17,19-43,45-47,49-52H2,1-2H3,(H,57,60)/b18-16-,48-44+. The second-order valence-corrected chi connectivity index (χ2v) is 18.9. The summed E-state index contributed by atoms with van der Waals surface area (Å²) in [6.07, 6.45) is 61.8. The Morgan fingerprint density at radius 2 is 0.758 bits per heavy atom. The molecule has 6 heteroatoms.